The normalized spacial score (nSPS) is 18.1. The van der Waals surface area contributed by atoms with Crippen molar-refractivity contribution >= 4 is 41.0 Å². The summed E-state index contributed by atoms with van der Waals surface area (Å²) in [5.74, 6) is 0.664. The number of imidazole rings is 1. The van der Waals surface area contributed by atoms with Crippen molar-refractivity contribution in [3.8, 4) is 0 Å². The van der Waals surface area contributed by atoms with Crippen molar-refractivity contribution in [2.45, 2.75) is 38.5 Å². The average molecular weight is 524 g/mol. The Kier molecular flexibility index (Phi) is 9.00. The van der Waals surface area contributed by atoms with E-state index >= 15 is 0 Å². The molecule has 0 amide bonds. The Morgan fingerprint density at radius 2 is 2.10 bits per heavy atom. The number of aromatic nitrogens is 2. The van der Waals surface area contributed by atoms with Crippen molar-refractivity contribution in [2.75, 3.05) is 32.7 Å². The second-order valence-corrected chi connectivity index (χ2v) is 7.02. The number of nitrogens with zero attached hydrogens (tertiary/aromatic N) is 4. The van der Waals surface area contributed by atoms with Gasteiger partial charge in [-0.2, -0.15) is 13.2 Å². The highest BCUT2D eigenvalue weighted by atomic mass is 127. The van der Waals surface area contributed by atoms with Gasteiger partial charge in [0.05, 0.1) is 23.9 Å². The van der Waals surface area contributed by atoms with E-state index in [1.54, 1.807) is 0 Å². The Bertz CT molecular complexity index is 792. The number of benzene rings is 1. The molecule has 1 saturated heterocycles. The summed E-state index contributed by atoms with van der Waals surface area (Å²) in [5.41, 5.74) is 2.08. The van der Waals surface area contributed by atoms with Crippen LogP contribution in [0, 0.1) is 0 Å². The maximum atomic E-state index is 12.5. The zero-order chi connectivity index (χ0) is 20.0. The Hall–Kier alpha value is -1.56. The monoisotopic (exact) mass is 524 g/mol. The van der Waals surface area contributed by atoms with E-state index < -0.39 is 12.7 Å². The van der Waals surface area contributed by atoms with Crippen LogP contribution in [0.15, 0.2) is 35.6 Å². The second-order valence-electron chi connectivity index (χ2n) is 7.02. The molecule has 1 unspecified atom stereocenters. The summed E-state index contributed by atoms with van der Waals surface area (Å²) in [5, 5.41) is 6.44. The molecule has 10 heteroatoms. The number of guanidine groups is 1. The van der Waals surface area contributed by atoms with Crippen LogP contribution in [-0.4, -0.2) is 65.4 Å². The predicted molar refractivity (Wildman–Crippen MR) is 120 cm³/mol. The topological polar surface area (TPSA) is 57.5 Å². The van der Waals surface area contributed by atoms with Crippen LogP contribution in [0.2, 0.25) is 0 Å². The fourth-order valence-corrected chi connectivity index (χ4v) is 3.48. The molecule has 0 radical (unpaired) electrons. The largest absolute Gasteiger partial charge is 0.401 e. The number of rotatable bonds is 7. The van der Waals surface area contributed by atoms with Crippen LogP contribution in [0.25, 0.3) is 11.0 Å². The van der Waals surface area contributed by atoms with Gasteiger partial charge in [-0.15, -0.1) is 24.0 Å². The van der Waals surface area contributed by atoms with Gasteiger partial charge in [0.25, 0.3) is 0 Å². The van der Waals surface area contributed by atoms with Gasteiger partial charge in [-0.3, -0.25) is 9.89 Å². The molecular formula is C19H28F3IN6. The van der Waals surface area contributed by atoms with Gasteiger partial charge in [-0.1, -0.05) is 12.1 Å². The number of hydrogen-bond donors (Lipinski definition) is 2. The van der Waals surface area contributed by atoms with Gasteiger partial charge in [0.2, 0.25) is 0 Å². The van der Waals surface area contributed by atoms with Crippen LogP contribution in [0.5, 0.6) is 0 Å². The van der Waals surface area contributed by atoms with Crippen molar-refractivity contribution in [1.82, 2.24) is 25.1 Å². The van der Waals surface area contributed by atoms with Crippen molar-refractivity contribution in [3.05, 3.63) is 30.6 Å². The van der Waals surface area contributed by atoms with E-state index in [0.717, 1.165) is 24.0 Å². The van der Waals surface area contributed by atoms with Crippen LogP contribution >= 0.6 is 24.0 Å². The van der Waals surface area contributed by atoms with E-state index in [0.29, 0.717) is 38.6 Å². The first-order valence-electron chi connectivity index (χ1n) is 9.68. The number of fused-ring (bicyclic) bond motifs is 1. The number of hydrogen-bond acceptors (Lipinski definition) is 3. The van der Waals surface area contributed by atoms with Crippen LogP contribution < -0.4 is 10.6 Å². The molecule has 0 spiro atoms. The number of nitrogens with one attached hydrogen (secondary N) is 2. The third-order valence-electron chi connectivity index (χ3n) is 4.71. The molecule has 2 aromatic rings. The molecule has 0 saturated carbocycles. The van der Waals surface area contributed by atoms with Gasteiger partial charge in [0, 0.05) is 38.8 Å². The van der Waals surface area contributed by atoms with E-state index in [-0.39, 0.29) is 30.0 Å². The van der Waals surface area contributed by atoms with E-state index in [4.69, 9.17) is 0 Å². The average Bonchev–Trinajstić information content (AvgIpc) is 3.24. The molecule has 6 nitrogen and oxygen atoms in total. The smallest absolute Gasteiger partial charge is 0.357 e. The minimum atomic E-state index is -4.15. The summed E-state index contributed by atoms with van der Waals surface area (Å²) in [6, 6.07) is 7.98. The number of likely N-dealkylation sites (tertiary alicyclic amines) is 1. The van der Waals surface area contributed by atoms with Gasteiger partial charge >= 0.3 is 6.18 Å². The molecule has 1 aromatic heterocycles. The minimum absolute atomic E-state index is 0. The van der Waals surface area contributed by atoms with Gasteiger partial charge < -0.3 is 15.2 Å². The molecule has 1 aliphatic heterocycles. The fourth-order valence-electron chi connectivity index (χ4n) is 3.48. The molecule has 2 N–H and O–H groups in total. The molecule has 0 bridgehead atoms. The lowest BCUT2D eigenvalue weighted by Crippen LogP contribution is -2.45. The second kappa shape index (κ2) is 11.0. The first-order valence-corrected chi connectivity index (χ1v) is 9.68. The van der Waals surface area contributed by atoms with Crippen molar-refractivity contribution in [2.24, 2.45) is 4.99 Å². The van der Waals surface area contributed by atoms with E-state index in [1.165, 1.54) is 4.90 Å². The van der Waals surface area contributed by atoms with Gasteiger partial charge in [-0.05, 0) is 31.9 Å². The Labute approximate surface area is 186 Å². The number of alkyl halides is 3. The van der Waals surface area contributed by atoms with Crippen molar-refractivity contribution in [3.63, 3.8) is 0 Å². The third-order valence-corrected chi connectivity index (χ3v) is 4.71. The summed E-state index contributed by atoms with van der Waals surface area (Å²) >= 11 is 0. The van der Waals surface area contributed by atoms with Crippen LogP contribution in [0.4, 0.5) is 13.2 Å². The summed E-state index contributed by atoms with van der Waals surface area (Å²) in [7, 11) is 0. The van der Waals surface area contributed by atoms with Gasteiger partial charge in [-0.25, -0.2) is 4.98 Å². The quantitative estimate of drug-likeness (QED) is 0.253. The molecule has 162 valence electrons. The summed E-state index contributed by atoms with van der Waals surface area (Å²) < 4.78 is 39.7. The van der Waals surface area contributed by atoms with Gasteiger partial charge in [0.15, 0.2) is 5.96 Å². The number of halogens is 4. The third kappa shape index (κ3) is 7.32. The van der Waals surface area contributed by atoms with E-state index in [2.05, 4.69) is 25.2 Å². The maximum absolute atomic E-state index is 12.5. The summed E-state index contributed by atoms with van der Waals surface area (Å²) in [4.78, 5) is 10.4. The molecule has 0 aliphatic carbocycles. The first-order chi connectivity index (χ1) is 13.4. The summed E-state index contributed by atoms with van der Waals surface area (Å²) in [6.45, 7) is 4.09. The maximum Gasteiger partial charge on any atom is 0.401 e. The predicted octanol–water partition coefficient (Wildman–Crippen LogP) is 3.24. The minimum Gasteiger partial charge on any atom is -0.357 e. The van der Waals surface area contributed by atoms with Crippen molar-refractivity contribution < 1.29 is 13.2 Å². The zero-order valence-corrected chi connectivity index (χ0v) is 18.8. The molecule has 1 fully saturated rings. The highest BCUT2D eigenvalue weighted by Gasteiger charge is 2.34. The van der Waals surface area contributed by atoms with Gasteiger partial charge in [0.1, 0.15) is 0 Å². The van der Waals surface area contributed by atoms with Crippen LogP contribution in [0.3, 0.4) is 0 Å². The molecule has 2 heterocycles. The lowest BCUT2D eigenvalue weighted by molar-refractivity contribution is -0.143. The highest BCUT2D eigenvalue weighted by molar-refractivity contribution is 14.0. The molecular weight excluding hydrogens is 496 g/mol. The first kappa shape index (κ1) is 23.7. The molecule has 1 aromatic carbocycles. The standard InChI is InChI=1S/C19H27F3N6.HI/c1-2-23-18(26-15-8-11-27(12-15)13-19(20,21)22)24-9-5-10-28-14-25-16-6-3-4-7-17(16)28;/h3-4,6-7,14-15H,2,5,8-13H2,1H3,(H2,23,24,26);1H. The highest BCUT2D eigenvalue weighted by Crippen LogP contribution is 2.20. The lowest BCUT2D eigenvalue weighted by Gasteiger charge is -2.19. The van der Waals surface area contributed by atoms with Crippen LogP contribution in [-0.2, 0) is 6.54 Å². The molecule has 1 atom stereocenters. The van der Waals surface area contributed by atoms with Crippen LogP contribution in [0.1, 0.15) is 19.8 Å². The molecule has 1 aliphatic rings. The molecule has 29 heavy (non-hydrogen) atoms. The lowest BCUT2D eigenvalue weighted by atomic mass is 10.3. The molecule has 3 rings (SSSR count). The Morgan fingerprint density at radius 1 is 1.31 bits per heavy atom. The fraction of sp³-hybridized carbons (Fsp3) is 0.579. The number of aryl methyl sites for hydroxylation is 1. The van der Waals surface area contributed by atoms with E-state index in [9.17, 15) is 13.2 Å². The van der Waals surface area contributed by atoms with Crippen molar-refractivity contribution in [1.29, 1.82) is 0 Å². The van der Waals surface area contributed by atoms with E-state index in [1.807, 2.05) is 37.5 Å². The summed E-state index contributed by atoms with van der Waals surface area (Å²) in [6.07, 6.45) is -0.778. The SMILES string of the molecule is CCNC(=NCCCn1cnc2ccccc21)NC1CCN(CC(F)(F)F)C1.I. The number of aliphatic imine (C=N–C) groups is 1. The number of para-hydroxylation sites is 2. The Balaban J connectivity index is 0.00000300. The Morgan fingerprint density at radius 3 is 2.86 bits per heavy atom. The zero-order valence-electron chi connectivity index (χ0n) is 16.5.